The fourth-order valence-electron chi connectivity index (χ4n) is 0.803. The van der Waals surface area contributed by atoms with Crippen LogP contribution in [0.5, 0.6) is 0 Å². The van der Waals surface area contributed by atoms with Crippen molar-refractivity contribution in [3.05, 3.63) is 39.9 Å². The first-order valence-electron chi connectivity index (χ1n) is 4.27. The van der Waals surface area contributed by atoms with Crippen molar-refractivity contribution in [3.8, 4) is 0 Å². The molecule has 0 fully saturated rings. The quantitative estimate of drug-likeness (QED) is 0.416. The van der Waals surface area contributed by atoms with Crippen LogP contribution in [0, 0.1) is 10.1 Å². The Kier molecular flexibility index (Phi) is 5.88. The predicted octanol–water partition coefficient (Wildman–Crippen LogP) is -0.930. The lowest BCUT2D eigenvalue weighted by atomic mass is 10.2. The molecule has 3 N–H and O–H groups in total. The standard InChI is InChI=1S/C7H7N2O4.CH4O3S/c8-13-7(10)5-1-3-6(4-2-5)9(11)12;1-5(2,3)4/h1-4H,8H3;1H3,(H,2,3,4)/q+1;/p-1. The van der Waals surface area contributed by atoms with Gasteiger partial charge in [-0.2, -0.15) is 5.90 Å². The summed E-state index contributed by atoms with van der Waals surface area (Å²) >= 11 is 0. The summed E-state index contributed by atoms with van der Waals surface area (Å²) in [6, 6.07) is 5.08. The molecule has 10 heteroatoms. The summed E-state index contributed by atoms with van der Waals surface area (Å²) in [5.74, 6) is 2.32. The zero-order valence-electron chi connectivity index (χ0n) is 9.23. The van der Waals surface area contributed by atoms with Gasteiger partial charge in [0.1, 0.15) is 0 Å². The molecule has 0 unspecified atom stereocenters. The van der Waals surface area contributed by atoms with Gasteiger partial charge in [0, 0.05) is 18.4 Å². The summed E-state index contributed by atoms with van der Waals surface area (Å²) in [7, 11) is -3.92. The van der Waals surface area contributed by atoms with E-state index in [0.717, 1.165) is 0 Å². The van der Waals surface area contributed by atoms with Crippen LogP contribution in [0.25, 0.3) is 0 Å². The second-order valence-electron chi connectivity index (χ2n) is 2.94. The topological polar surface area (TPSA) is 154 Å². The molecule has 18 heavy (non-hydrogen) atoms. The van der Waals surface area contributed by atoms with Gasteiger partial charge in [0.25, 0.3) is 5.69 Å². The van der Waals surface area contributed by atoms with Crippen molar-refractivity contribution in [1.29, 1.82) is 0 Å². The van der Waals surface area contributed by atoms with E-state index < -0.39 is 21.0 Å². The van der Waals surface area contributed by atoms with E-state index in [0.29, 0.717) is 6.26 Å². The fraction of sp³-hybridized carbons (Fsp3) is 0.125. The van der Waals surface area contributed by atoms with Gasteiger partial charge in [-0.25, -0.2) is 13.2 Å². The highest BCUT2D eigenvalue weighted by molar-refractivity contribution is 7.84. The molecule has 0 bridgehead atoms. The first kappa shape index (κ1) is 16.0. The van der Waals surface area contributed by atoms with Gasteiger partial charge in [0.2, 0.25) is 0 Å². The minimum Gasteiger partial charge on any atom is -0.748 e. The predicted molar refractivity (Wildman–Crippen MR) is 57.0 cm³/mol. The van der Waals surface area contributed by atoms with Crippen LogP contribution in [-0.2, 0) is 15.0 Å². The number of quaternary nitrogens is 1. The molecule has 0 aliphatic rings. The number of hydrogen-bond donors (Lipinski definition) is 1. The maximum Gasteiger partial charge on any atom is 0.397 e. The van der Waals surface area contributed by atoms with Crippen LogP contribution in [-0.4, -0.2) is 30.1 Å². The van der Waals surface area contributed by atoms with E-state index >= 15 is 0 Å². The number of hydrogen-bond acceptors (Lipinski definition) is 7. The minimum atomic E-state index is -3.92. The van der Waals surface area contributed by atoms with Crippen molar-refractivity contribution in [2.24, 2.45) is 0 Å². The average molecular weight is 278 g/mol. The van der Waals surface area contributed by atoms with E-state index in [1.165, 1.54) is 24.3 Å². The maximum absolute atomic E-state index is 10.8. The third-order valence-electron chi connectivity index (χ3n) is 1.44. The van der Waals surface area contributed by atoms with Crippen LogP contribution in [0.4, 0.5) is 5.69 Å². The molecule has 0 radical (unpaired) electrons. The summed E-state index contributed by atoms with van der Waals surface area (Å²) in [5.41, 5.74) is 0.168. The first-order valence-corrected chi connectivity index (χ1v) is 6.08. The van der Waals surface area contributed by atoms with E-state index in [9.17, 15) is 14.9 Å². The molecule has 1 aromatic rings. The highest BCUT2D eigenvalue weighted by Gasteiger charge is 2.10. The van der Waals surface area contributed by atoms with E-state index in [1.54, 1.807) is 0 Å². The number of nitro groups is 1. The van der Waals surface area contributed by atoms with Crippen LogP contribution in [0.2, 0.25) is 0 Å². The van der Waals surface area contributed by atoms with Gasteiger partial charge in [-0.1, -0.05) is 0 Å². The van der Waals surface area contributed by atoms with Crippen LogP contribution in [0.1, 0.15) is 10.4 Å². The molecule has 0 spiro atoms. The molecule has 0 heterocycles. The Hall–Kier alpha value is -2.04. The number of rotatable bonds is 2. The van der Waals surface area contributed by atoms with E-state index in [1.807, 2.05) is 0 Å². The van der Waals surface area contributed by atoms with Gasteiger partial charge in [-0.05, 0) is 12.1 Å². The van der Waals surface area contributed by atoms with Crippen molar-refractivity contribution in [1.82, 2.24) is 0 Å². The smallest absolute Gasteiger partial charge is 0.397 e. The molecule has 9 nitrogen and oxygen atoms in total. The highest BCUT2D eigenvalue weighted by Crippen LogP contribution is 2.11. The molecular formula is C8H10N2O7S. The monoisotopic (exact) mass is 278 g/mol. The second-order valence-corrected chi connectivity index (χ2v) is 4.35. The lowest BCUT2D eigenvalue weighted by Crippen LogP contribution is -2.51. The largest absolute Gasteiger partial charge is 0.748 e. The van der Waals surface area contributed by atoms with Crippen LogP contribution >= 0.6 is 0 Å². The highest BCUT2D eigenvalue weighted by atomic mass is 32.2. The molecule has 1 aromatic carbocycles. The summed E-state index contributed by atoms with van der Waals surface area (Å²) in [6.07, 6.45) is 0.604. The number of carbonyl (C=O) groups is 1. The third-order valence-corrected chi connectivity index (χ3v) is 1.44. The van der Waals surface area contributed by atoms with Crippen molar-refractivity contribution >= 4 is 21.8 Å². The molecule has 0 aliphatic carbocycles. The minimum absolute atomic E-state index is 0.0689. The van der Waals surface area contributed by atoms with Crippen molar-refractivity contribution in [3.63, 3.8) is 0 Å². The Balaban J connectivity index is 0.000000494. The second kappa shape index (κ2) is 6.64. The lowest BCUT2D eigenvalue weighted by Gasteiger charge is -1.94. The van der Waals surface area contributed by atoms with E-state index in [2.05, 4.69) is 10.7 Å². The molecule has 0 saturated carbocycles. The summed E-state index contributed by atoms with van der Waals surface area (Å²) in [6.45, 7) is 0. The number of carbonyl (C=O) groups excluding carboxylic acids is 1. The van der Waals surface area contributed by atoms with Gasteiger partial charge < -0.3 is 4.55 Å². The maximum atomic E-state index is 10.8. The molecule has 1 rings (SSSR count). The molecule has 0 saturated heterocycles. The number of benzene rings is 1. The zero-order chi connectivity index (χ0) is 14.3. The molecule has 0 aliphatic heterocycles. The summed E-state index contributed by atoms with van der Waals surface area (Å²) in [5, 5.41) is 10.2. The Labute approximate surface area is 102 Å². The molecule has 0 aromatic heterocycles. The van der Waals surface area contributed by atoms with Crippen LogP contribution in [0.3, 0.4) is 0 Å². The fourth-order valence-corrected chi connectivity index (χ4v) is 0.803. The van der Waals surface area contributed by atoms with Crippen molar-refractivity contribution < 1.29 is 33.4 Å². The van der Waals surface area contributed by atoms with Gasteiger partial charge >= 0.3 is 5.97 Å². The molecule has 0 atom stereocenters. The average Bonchev–Trinajstić information content (AvgIpc) is 2.26. The number of non-ortho nitro benzene ring substituents is 1. The zero-order valence-corrected chi connectivity index (χ0v) is 10.0. The Morgan fingerprint density at radius 1 is 1.33 bits per heavy atom. The van der Waals surface area contributed by atoms with Gasteiger partial charge in [-0.15, -0.1) is 0 Å². The summed E-state index contributed by atoms with van der Waals surface area (Å²) < 4.78 is 27.2. The van der Waals surface area contributed by atoms with Crippen LogP contribution in [0.15, 0.2) is 24.3 Å². The van der Waals surface area contributed by atoms with E-state index in [-0.39, 0.29) is 11.3 Å². The Bertz CT molecular complexity index is 515. The number of nitrogens with zero attached hydrogens (tertiary/aromatic N) is 1. The van der Waals surface area contributed by atoms with Crippen molar-refractivity contribution in [2.45, 2.75) is 0 Å². The Morgan fingerprint density at radius 3 is 2.00 bits per heavy atom. The normalized spacial score (nSPS) is 9.94. The molecular weight excluding hydrogens is 268 g/mol. The molecule has 0 amide bonds. The SMILES string of the molecule is CS(=O)(=O)[O-].[NH3+]OC(=O)c1ccc([N+](=O)[O-])cc1. The Morgan fingerprint density at radius 2 is 1.72 bits per heavy atom. The van der Waals surface area contributed by atoms with E-state index in [4.69, 9.17) is 13.0 Å². The summed E-state index contributed by atoms with van der Waals surface area (Å²) in [4.78, 5) is 24.7. The third kappa shape index (κ3) is 7.27. The van der Waals surface area contributed by atoms with Gasteiger partial charge in [0.15, 0.2) is 0 Å². The lowest BCUT2D eigenvalue weighted by molar-refractivity contribution is -0.653. The number of nitro benzene ring substituents is 1. The van der Waals surface area contributed by atoms with Crippen molar-refractivity contribution in [2.75, 3.05) is 6.26 Å². The van der Waals surface area contributed by atoms with Crippen LogP contribution < -0.4 is 5.90 Å². The van der Waals surface area contributed by atoms with Gasteiger partial charge in [-0.3, -0.25) is 15.0 Å². The first-order chi connectivity index (χ1) is 8.15. The molecule has 100 valence electrons. The van der Waals surface area contributed by atoms with Gasteiger partial charge in [0.05, 0.1) is 20.6 Å².